The van der Waals surface area contributed by atoms with Crippen LogP contribution in [-0.4, -0.2) is 20.3 Å². The maximum atomic E-state index is 5.37. The molecule has 4 rings (SSSR count). The van der Waals surface area contributed by atoms with Crippen molar-refractivity contribution < 1.29 is 4.52 Å². The Hall–Kier alpha value is -2.99. The fourth-order valence-electron chi connectivity index (χ4n) is 2.66. The number of hydrogen-bond donors (Lipinski definition) is 0. The zero-order valence-corrected chi connectivity index (χ0v) is 15.9. The fourth-order valence-corrected chi connectivity index (χ4v) is 3.31. The molecule has 5 nitrogen and oxygen atoms in total. The predicted octanol–water partition coefficient (Wildman–Crippen LogP) is 5.10. The Labute approximate surface area is 161 Å². The lowest BCUT2D eigenvalue weighted by molar-refractivity contribution is 0.391. The monoisotopic (exact) mass is 374 g/mol. The van der Waals surface area contributed by atoms with Gasteiger partial charge in [-0.05, 0) is 31.5 Å². The van der Waals surface area contributed by atoms with Crippen LogP contribution in [0.5, 0.6) is 0 Å². The molecular formula is C21H18N4OS. The molecule has 0 aliphatic heterocycles. The molecule has 2 heterocycles. The first kappa shape index (κ1) is 17.4. The average molecular weight is 374 g/mol. The summed E-state index contributed by atoms with van der Waals surface area (Å²) in [6.45, 7) is 4.10. The summed E-state index contributed by atoms with van der Waals surface area (Å²) in [5.74, 6) is 1.74. The summed E-state index contributed by atoms with van der Waals surface area (Å²) < 4.78 is 5.37. The van der Waals surface area contributed by atoms with Gasteiger partial charge >= 0.3 is 0 Å². The Kier molecular flexibility index (Phi) is 4.98. The first-order chi connectivity index (χ1) is 13.2. The van der Waals surface area contributed by atoms with Crippen LogP contribution in [-0.2, 0) is 5.75 Å². The number of hydrogen-bond acceptors (Lipinski definition) is 6. The quantitative estimate of drug-likeness (QED) is 0.453. The minimum atomic E-state index is 0.553. The van der Waals surface area contributed by atoms with Crippen molar-refractivity contribution in [2.24, 2.45) is 0 Å². The summed E-state index contributed by atoms with van der Waals surface area (Å²) in [6, 6.07) is 20.2. The van der Waals surface area contributed by atoms with Crippen LogP contribution in [0, 0.1) is 13.8 Å². The summed E-state index contributed by atoms with van der Waals surface area (Å²) in [7, 11) is 0. The number of aromatic nitrogens is 4. The molecule has 0 N–H and O–H groups in total. The highest BCUT2D eigenvalue weighted by molar-refractivity contribution is 7.98. The number of rotatable bonds is 5. The molecule has 27 heavy (non-hydrogen) atoms. The fraction of sp³-hybridized carbons (Fsp3) is 0.143. The number of thioether (sulfide) groups is 1. The lowest BCUT2D eigenvalue weighted by Gasteiger charge is -2.02. The van der Waals surface area contributed by atoms with E-state index in [-0.39, 0.29) is 0 Å². The van der Waals surface area contributed by atoms with E-state index in [1.807, 2.05) is 43.3 Å². The summed E-state index contributed by atoms with van der Waals surface area (Å²) in [5, 5.41) is 13.5. The van der Waals surface area contributed by atoms with Gasteiger partial charge in [-0.2, -0.15) is 4.98 Å². The summed E-state index contributed by atoms with van der Waals surface area (Å²) in [5.41, 5.74) is 5.25. The van der Waals surface area contributed by atoms with Gasteiger partial charge in [-0.3, -0.25) is 0 Å². The molecule has 0 amide bonds. The normalized spacial score (nSPS) is 10.9. The van der Waals surface area contributed by atoms with Crippen molar-refractivity contribution in [2.45, 2.75) is 24.6 Å². The Morgan fingerprint density at radius 1 is 0.889 bits per heavy atom. The average Bonchev–Trinajstić information content (AvgIpc) is 3.17. The largest absolute Gasteiger partial charge is 0.338 e. The minimum Gasteiger partial charge on any atom is -0.338 e. The molecule has 134 valence electrons. The van der Waals surface area contributed by atoms with Crippen LogP contribution in [0.4, 0.5) is 0 Å². The van der Waals surface area contributed by atoms with Crippen LogP contribution in [0.3, 0.4) is 0 Å². The molecule has 0 aliphatic carbocycles. The van der Waals surface area contributed by atoms with Crippen molar-refractivity contribution in [3.05, 3.63) is 77.7 Å². The van der Waals surface area contributed by atoms with E-state index in [1.54, 1.807) is 0 Å². The van der Waals surface area contributed by atoms with Gasteiger partial charge in [0, 0.05) is 11.1 Å². The van der Waals surface area contributed by atoms with Gasteiger partial charge in [0.2, 0.25) is 11.7 Å². The van der Waals surface area contributed by atoms with Crippen molar-refractivity contribution in [1.82, 2.24) is 20.3 Å². The van der Waals surface area contributed by atoms with Gasteiger partial charge in [0.1, 0.15) is 5.03 Å². The predicted molar refractivity (Wildman–Crippen MR) is 106 cm³/mol. The number of nitrogens with zero attached hydrogens (tertiary/aromatic N) is 4. The molecule has 0 spiro atoms. The third-order valence-corrected chi connectivity index (χ3v) is 5.09. The highest BCUT2D eigenvalue weighted by atomic mass is 32.2. The lowest BCUT2D eigenvalue weighted by atomic mass is 10.1. The second kappa shape index (κ2) is 7.72. The van der Waals surface area contributed by atoms with E-state index in [2.05, 4.69) is 51.5 Å². The van der Waals surface area contributed by atoms with Crippen molar-refractivity contribution in [3.8, 4) is 22.6 Å². The van der Waals surface area contributed by atoms with Crippen LogP contribution < -0.4 is 0 Å². The maximum absolute atomic E-state index is 5.37. The minimum absolute atomic E-state index is 0.553. The van der Waals surface area contributed by atoms with Crippen LogP contribution >= 0.6 is 11.8 Å². The number of benzene rings is 2. The second-order valence-electron chi connectivity index (χ2n) is 6.24. The molecule has 0 saturated carbocycles. The summed E-state index contributed by atoms with van der Waals surface area (Å²) in [6.07, 6.45) is 0. The second-order valence-corrected chi connectivity index (χ2v) is 7.23. The zero-order chi connectivity index (χ0) is 18.6. The molecule has 0 bridgehead atoms. The van der Waals surface area contributed by atoms with Crippen molar-refractivity contribution in [2.75, 3.05) is 0 Å². The molecule has 0 unspecified atom stereocenters. The van der Waals surface area contributed by atoms with Gasteiger partial charge in [-0.1, -0.05) is 71.0 Å². The molecule has 0 atom stereocenters. The standard InChI is InChI=1S/C21H18N4OS/c1-14-7-9-16(10-8-14)18-11-12-20(24-23-18)27-13-19-22-21(25-26-19)17-6-4-3-5-15(17)2/h3-12H,13H2,1-2H3. The van der Waals surface area contributed by atoms with E-state index >= 15 is 0 Å². The van der Waals surface area contributed by atoms with E-state index < -0.39 is 0 Å². The van der Waals surface area contributed by atoms with Crippen LogP contribution in [0.25, 0.3) is 22.6 Å². The number of aryl methyl sites for hydroxylation is 2. The molecule has 0 aliphatic rings. The highest BCUT2D eigenvalue weighted by Crippen LogP contribution is 2.25. The first-order valence-corrected chi connectivity index (χ1v) is 9.60. The van der Waals surface area contributed by atoms with E-state index in [9.17, 15) is 0 Å². The zero-order valence-electron chi connectivity index (χ0n) is 15.1. The topological polar surface area (TPSA) is 64.7 Å². The Morgan fingerprint density at radius 2 is 1.70 bits per heavy atom. The van der Waals surface area contributed by atoms with Crippen molar-refractivity contribution in [3.63, 3.8) is 0 Å². The van der Waals surface area contributed by atoms with Gasteiger partial charge < -0.3 is 4.52 Å². The highest BCUT2D eigenvalue weighted by Gasteiger charge is 2.11. The van der Waals surface area contributed by atoms with Gasteiger partial charge in [-0.25, -0.2) is 0 Å². The van der Waals surface area contributed by atoms with Gasteiger partial charge in [0.05, 0.1) is 11.4 Å². The Balaban J connectivity index is 1.42. The Bertz CT molecular complexity index is 1040. The van der Waals surface area contributed by atoms with Crippen LogP contribution in [0.2, 0.25) is 0 Å². The van der Waals surface area contributed by atoms with Crippen LogP contribution in [0.1, 0.15) is 17.0 Å². The van der Waals surface area contributed by atoms with Gasteiger partial charge in [0.25, 0.3) is 0 Å². The van der Waals surface area contributed by atoms with E-state index in [0.29, 0.717) is 17.5 Å². The smallest absolute Gasteiger partial charge is 0.237 e. The van der Waals surface area contributed by atoms with Crippen molar-refractivity contribution in [1.29, 1.82) is 0 Å². The van der Waals surface area contributed by atoms with Gasteiger partial charge in [-0.15, -0.1) is 10.2 Å². The van der Waals surface area contributed by atoms with E-state index in [4.69, 9.17) is 4.52 Å². The molecule has 2 aromatic heterocycles. The molecule has 0 saturated heterocycles. The molecule has 4 aromatic rings. The van der Waals surface area contributed by atoms with Crippen LogP contribution in [0.15, 0.2) is 70.2 Å². The summed E-state index contributed by atoms with van der Waals surface area (Å²) >= 11 is 1.52. The first-order valence-electron chi connectivity index (χ1n) is 8.61. The van der Waals surface area contributed by atoms with Gasteiger partial charge in [0.15, 0.2) is 0 Å². The third kappa shape index (κ3) is 4.06. The maximum Gasteiger partial charge on any atom is 0.237 e. The van der Waals surface area contributed by atoms with E-state index in [0.717, 1.165) is 27.4 Å². The molecule has 0 fully saturated rings. The lowest BCUT2D eigenvalue weighted by Crippen LogP contribution is -1.90. The molecule has 2 aromatic carbocycles. The SMILES string of the molecule is Cc1ccc(-c2ccc(SCc3nc(-c4ccccc4C)no3)nn2)cc1. The summed E-state index contributed by atoms with van der Waals surface area (Å²) in [4.78, 5) is 4.48. The Morgan fingerprint density at radius 3 is 2.44 bits per heavy atom. The van der Waals surface area contributed by atoms with Crippen molar-refractivity contribution >= 4 is 11.8 Å². The molecule has 0 radical (unpaired) electrons. The third-order valence-electron chi connectivity index (χ3n) is 4.18. The molecular weight excluding hydrogens is 356 g/mol. The molecule has 6 heteroatoms. The van der Waals surface area contributed by atoms with E-state index in [1.165, 1.54) is 17.3 Å².